The van der Waals surface area contributed by atoms with Crippen molar-refractivity contribution in [2.75, 3.05) is 60.9 Å². The highest BCUT2D eigenvalue weighted by Crippen LogP contribution is 2.30. The predicted octanol–water partition coefficient (Wildman–Crippen LogP) is 4.98. The first kappa shape index (κ1) is 53.3. The monoisotopic (exact) mass is 881 g/mol. The highest BCUT2D eigenvalue weighted by atomic mass is 16.5. The zero-order valence-electron chi connectivity index (χ0n) is 40.4. The van der Waals surface area contributed by atoms with Gasteiger partial charge in [-0.2, -0.15) is 0 Å². The maximum absolute atomic E-state index is 14.6. The average Bonchev–Trinajstić information content (AvgIpc) is 3.76. The topological polar surface area (TPSA) is 162 Å². The third-order valence-corrected chi connectivity index (χ3v) is 13.1. The van der Waals surface area contributed by atoms with E-state index in [1.165, 1.54) is 12.7 Å². The van der Waals surface area contributed by atoms with Gasteiger partial charge in [-0.1, -0.05) is 97.4 Å². The lowest BCUT2D eigenvalue weighted by Gasteiger charge is -2.41. The van der Waals surface area contributed by atoms with Gasteiger partial charge in [0.25, 0.3) is 0 Å². The van der Waals surface area contributed by atoms with Gasteiger partial charge in [-0.25, -0.2) is 0 Å². The van der Waals surface area contributed by atoms with Crippen molar-refractivity contribution >= 4 is 29.4 Å². The van der Waals surface area contributed by atoms with E-state index in [0.29, 0.717) is 25.9 Å². The van der Waals surface area contributed by atoms with Gasteiger partial charge < -0.3 is 39.8 Å². The minimum atomic E-state index is -1.14. The minimum Gasteiger partial charge on any atom is -0.468 e. The van der Waals surface area contributed by atoms with Gasteiger partial charge in [-0.15, -0.1) is 0 Å². The number of nitrogens with one attached hydrogen (secondary N) is 3. The first-order chi connectivity index (χ1) is 29.9. The summed E-state index contributed by atoms with van der Waals surface area (Å²) in [6.07, 6.45) is 0.913. The molecule has 2 aromatic carbocycles. The van der Waals surface area contributed by atoms with Crippen LogP contribution < -0.4 is 16.0 Å². The van der Waals surface area contributed by atoms with Crippen molar-refractivity contribution in [3.8, 4) is 0 Å². The van der Waals surface area contributed by atoms with Gasteiger partial charge in [-0.3, -0.25) is 29.4 Å². The van der Waals surface area contributed by atoms with Crippen LogP contribution in [0.1, 0.15) is 85.3 Å². The van der Waals surface area contributed by atoms with Gasteiger partial charge in [0.15, 0.2) is 0 Å². The molecule has 1 saturated heterocycles. The van der Waals surface area contributed by atoms with Crippen molar-refractivity contribution in [1.29, 1.82) is 0 Å². The molecule has 0 saturated carbocycles. The van der Waals surface area contributed by atoms with E-state index in [0.717, 1.165) is 30.5 Å². The molecule has 0 radical (unpaired) electrons. The number of hydrogen-bond acceptors (Lipinski definition) is 11. The number of aliphatic hydroxyl groups excluding tert-OH is 1. The molecule has 1 fully saturated rings. The molecule has 1 unspecified atom stereocenters. The standard InChI is InChI=1S/C49H80N6O8/c1-14-33(6)44(54(10)48(59)42(31(2)3)52-47(58)43(32(4)5)53(9)28-26-35-22-24-37(50-8)25-23-35)40(61-11)30-41(56)55-27-18-21-39(55)45(62-12)34(7)46(57)51-38(49(60)63-13)29-36-19-16-15-17-20-36/h15-17,19-20,22-25,31-34,38-40,42-46,50-51,57H,14,18,21,26-30H2,1-13H3,(H,52,58)/t33-,34+,38-,39-,40+,42-,43-,44-,45+,46?/m0/s1. The summed E-state index contributed by atoms with van der Waals surface area (Å²) in [5.74, 6) is -1.84. The summed E-state index contributed by atoms with van der Waals surface area (Å²) in [5, 5.41) is 20.8. The van der Waals surface area contributed by atoms with E-state index in [9.17, 15) is 24.3 Å². The summed E-state index contributed by atoms with van der Waals surface area (Å²) in [6.45, 7) is 15.0. The minimum absolute atomic E-state index is 0.00916. The fourth-order valence-corrected chi connectivity index (χ4v) is 9.19. The Labute approximate surface area is 378 Å². The molecule has 2 aromatic rings. The molecule has 3 amide bonds. The van der Waals surface area contributed by atoms with Crippen LogP contribution in [0.15, 0.2) is 54.6 Å². The van der Waals surface area contributed by atoms with Crippen molar-refractivity contribution < 1.29 is 38.5 Å². The number of hydrogen-bond donors (Lipinski definition) is 4. The lowest BCUT2D eigenvalue weighted by molar-refractivity contribution is -0.148. The Kier molecular flexibility index (Phi) is 22.0. The molecule has 0 bridgehead atoms. The number of benzene rings is 2. The second kappa shape index (κ2) is 26.0. The van der Waals surface area contributed by atoms with Crippen molar-refractivity contribution in [1.82, 2.24) is 25.3 Å². The molecule has 1 heterocycles. The lowest BCUT2D eigenvalue weighted by Crippen LogP contribution is -2.60. The number of esters is 1. The van der Waals surface area contributed by atoms with Gasteiger partial charge in [0.1, 0.15) is 18.3 Å². The summed E-state index contributed by atoms with van der Waals surface area (Å²) >= 11 is 0. The molecule has 14 heteroatoms. The van der Waals surface area contributed by atoms with E-state index in [2.05, 4.69) is 46.8 Å². The van der Waals surface area contributed by atoms with Crippen LogP contribution in [0.25, 0.3) is 0 Å². The Balaban J connectivity index is 1.76. The molecule has 4 N–H and O–H groups in total. The van der Waals surface area contributed by atoms with E-state index in [1.807, 2.05) is 96.1 Å². The third kappa shape index (κ3) is 14.7. The summed E-state index contributed by atoms with van der Waals surface area (Å²) in [6, 6.07) is 14.9. The Bertz CT molecular complexity index is 1700. The second-order valence-electron chi connectivity index (χ2n) is 18.1. The molecule has 354 valence electrons. The Morgan fingerprint density at radius 1 is 0.889 bits per heavy atom. The lowest BCUT2D eigenvalue weighted by atomic mass is 9.89. The third-order valence-electron chi connectivity index (χ3n) is 13.1. The first-order valence-electron chi connectivity index (χ1n) is 22.9. The van der Waals surface area contributed by atoms with Crippen LogP contribution in [-0.2, 0) is 46.2 Å². The maximum Gasteiger partial charge on any atom is 0.323 e. The molecular formula is C49H80N6O8. The first-order valence-corrected chi connectivity index (χ1v) is 22.9. The summed E-state index contributed by atoms with van der Waals surface area (Å²) in [4.78, 5) is 61.5. The maximum atomic E-state index is 14.6. The van der Waals surface area contributed by atoms with E-state index < -0.39 is 54.5 Å². The van der Waals surface area contributed by atoms with Gasteiger partial charge in [0.2, 0.25) is 17.7 Å². The SMILES string of the molecule is CC[C@H](C)[C@@H]([C@@H](CC(=O)N1CCC[C@H]1[C@H](OC)[C@@H](C)C(O)N[C@@H](Cc1ccccc1)C(=O)OC)OC)N(C)C(=O)[C@@H](NC(=O)[C@H](C(C)C)N(C)CCc1ccc(NC)cc1)C(C)C. The number of aliphatic hydroxyl groups is 1. The van der Waals surface area contributed by atoms with Crippen LogP contribution >= 0.6 is 0 Å². The van der Waals surface area contributed by atoms with Crippen molar-refractivity contribution in [2.24, 2.45) is 23.7 Å². The van der Waals surface area contributed by atoms with Crippen molar-refractivity contribution in [3.05, 3.63) is 65.7 Å². The number of nitrogens with zero attached hydrogens (tertiary/aromatic N) is 3. The van der Waals surface area contributed by atoms with Crippen molar-refractivity contribution in [2.45, 2.75) is 136 Å². The Morgan fingerprint density at radius 2 is 1.54 bits per heavy atom. The zero-order valence-corrected chi connectivity index (χ0v) is 40.4. The number of anilines is 1. The smallest absolute Gasteiger partial charge is 0.323 e. The Hall–Kier alpha value is -4.08. The van der Waals surface area contributed by atoms with Gasteiger partial charge in [-0.05, 0) is 73.7 Å². The normalized spacial score (nSPS) is 18.6. The second-order valence-corrected chi connectivity index (χ2v) is 18.1. The summed E-state index contributed by atoms with van der Waals surface area (Å²) in [5.41, 5.74) is 3.13. The molecule has 0 aromatic heterocycles. The van der Waals surface area contributed by atoms with Gasteiger partial charge >= 0.3 is 5.97 Å². The van der Waals surface area contributed by atoms with Crippen LogP contribution in [0.4, 0.5) is 5.69 Å². The fraction of sp³-hybridized carbons (Fsp3) is 0.673. The molecule has 14 nitrogen and oxygen atoms in total. The number of carbonyl (C=O) groups is 4. The highest BCUT2D eigenvalue weighted by Gasteiger charge is 2.43. The Morgan fingerprint density at radius 3 is 2.08 bits per heavy atom. The van der Waals surface area contributed by atoms with Gasteiger partial charge in [0.05, 0.1) is 43.9 Å². The van der Waals surface area contributed by atoms with E-state index in [4.69, 9.17) is 14.2 Å². The molecular weight excluding hydrogens is 801 g/mol. The van der Waals surface area contributed by atoms with E-state index in [-0.39, 0.29) is 47.9 Å². The van der Waals surface area contributed by atoms with Crippen LogP contribution in [0, 0.1) is 23.7 Å². The van der Waals surface area contributed by atoms with E-state index in [1.54, 1.807) is 26.2 Å². The molecule has 63 heavy (non-hydrogen) atoms. The summed E-state index contributed by atoms with van der Waals surface area (Å²) < 4.78 is 17.2. The number of likely N-dealkylation sites (tertiary alicyclic amines) is 1. The van der Waals surface area contributed by atoms with Crippen LogP contribution in [0.5, 0.6) is 0 Å². The molecule has 0 spiro atoms. The number of likely N-dealkylation sites (N-methyl/N-ethyl adjacent to an activating group) is 2. The molecule has 1 aliphatic heterocycles. The van der Waals surface area contributed by atoms with Crippen molar-refractivity contribution in [3.63, 3.8) is 0 Å². The van der Waals surface area contributed by atoms with E-state index >= 15 is 0 Å². The van der Waals surface area contributed by atoms with Gasteiger partial charge in [0, 0.05) is 53.0 Å². The number of amides is 3. The number of ether oxygens (including phenoxy) is 3. The molecule has 1 aliphatic rings. The molecule has 10 atom stereocenters. The zero-order chi connectivity index (χ0) is 47.0. The summed E-state index contributed by atoms with van der Waals surface area (Å²) in [7, 11) is 10.1. The number of carbonyl (C=O) groups excluding carboxylic acids is 4. The largest absolute Gasteiger partial charge is 0.468 e. The van der Waals surface area contributed by atoms with Crippen LogP contribution in [-0.4, -0.2) is 148 Å². The highest BCUT2D eigenvalue weighted by molar-refractivity contribution is 5.90. The predicted molar refractivity (Wildman–Crippen MR) is 249 cm³/mol. The quantitative estimate of drug-likeness (QED) is 0.0746. The fourth-order valence-electron chi connectivity index (χ4n) is 9.19. The average molecular weight is 881 g/mol. The van der Waals surface area contributed by atoms with Crippen LogP contribution in [0.3, 0.4) is 0 Å². The number of rotatable bonds is 26. The van der Waals surface area contributed by atoms with Crippen LogP contribution in [0.2, 0.25) is 0 Å². The number of methoxy groups -OCH3 is 3. The molecule has 3 rings (SSSR count). The molecule has 0 aliphatic carbocycles.